The SMILES string of the molecule is COc1cc(O)ccc1[C@H]1C2=CC[C@@H]3C(=O)N(c4ccc(C(C)=O)cc4)C(=O)[C@@H]3[C@@H]2CC2=C1C(=O)C=C(C)C2=O. The zero-order valence-electron chi connectivity index (χ0n) is 22.3. The fourth-order valence-corrected chi connectivity index (χ4v) is 6.78. The predicted octanol–water partition coefficient (Wildman–Crippen LogP) is 4.24. The largest absolute Gasteiger partial charge is 0.508 e. The maximum absolute atomic E-state index is 14.0. The summed E-state index contributed by atoms with van der Waals surface area (Å²) in [5.74, 6) is -3.44. The Hall–Kier alpha value is -4.59. The minimum Gasteiger partial charge on any atom is -0.508 e. The Balaban J connectivity index is 1.47. The molecule has 4 atom stereocenters. The molecule has 0 saturated carbocycles. The molecule has 2 amide bonds. The van der Waals surface area contributed by atoms with E-state index in [2.05, 4.69) is 0 Å². The number of benzene rings is 2. The van der Waals surface area contributed by atoms with Gasteiger partial charge >= 0.3 is 0 Å². The van der Waals surface area contributed by atoms with E-state index >= 15 is 0 Å². The maximum Gasteiger partial charge on any atom is 0.238 e. The molecule has 8 heteroatoms. The molecule has 0 spiro atoms. The van der Waals surface area contributed by atoms with E-state index in [1.165, 1.54) is 37.1 Å². The van der Waals surface area contributed by atoms with Gasteiger partial charge in [-0.3, -0.25) is 28.9 Å². The molecule has 1 saturated heterocycles. The molecular formula is C32H27NO7. The predicted molar refractivity (Wildman–Crippen MR) is 145 cm³/mol. The topological polar surface area (TPSA) is 118 Å². The number of phenolic OH excluding ortho intramolecular Hbond substituents is 1. The first-order valence-electron chi connectivity index (χ1n) is 13.2. The van der Waals surface area contributed by atoms with E-state index in [1.54, 1.807) is 37.3 Å². The normalized spacial score (nSPS) is 25.7. The quantitative estimate of drug-likeness (QED) is 0.268. The zero-order chi connectivity index (χ0) is 28.5. The third-order valence-corrected chi connectivity index (χ3v) is 8.62. The number of fused-ring (bicyclic) bond motifs is 3. The van der Waals surface area contributed by atoms with Crippen LogP contribution in [0.4, 0.5) is 5.69 Å². The lowest BCUT2D eigenvalue weighted by atomic mass is 9.59. The summed E-state index contributed by atoms with van der Waals surface area (Å²) in [5.41, 5.74) is 3.32. The van der Waals surface area contributed by atoms with Gasteiger partial charge in [0.05, 0.1) is 24.6 Å². The van der Waals surface area contributed by atoms with Gasteiger partial charge in [-0.25, -0.2) is 0 Å². The van der Waals surface area contributed by atoms with E-state index in [9.17, 15) is 29.1 Å². The number of rotatable bonds is 4. The van der Waals surface area contributed by atoms with Gasteiger partial charge < -0.3 is 9.84 Å². The van der Waals surface area contributed by atoms with Crippen LogP contribution in [0, 0.1) is 17.8 Å². The third-order valence-electron chi connectivity index (χ3n) is 8.62. The number of amides is 2. The number of hydrogen-bond acceptors (Lipinski definition) is 7. The summed E-state index contributed by atoms with van der Waals surface area (Å²) in [6.45, 7) is 3.05. The molecule has 8 nitrogen and oxygen atoms in total. The van der Waals surface area contributed by atoms with E-state index in [1.807, 2.05) is 6.08 Å². The Kier molecular flexibility index (Phi) is 5.94. The second kappa shape index (κ2) is 9.26. The molecule has 1 N–H and O–H groups in total. The number of allylic oxidation sites excluding steroid dienone is 6. The fourth-order valence-electron chi connectivity index (χ4n) is 6.78. The third kappa shape index (κ3) is 3.70. The van der Waals surface area contributed by atoms with Crippen molar-refractivity contribution >= 4 is 34.9 Å². The number of ketones is 3. The van der Waals surface area contributed by atoms with Gasteiger partial charge in [0.25, 0.3) is 0 Å². The molecule has 6 rings (SSSR count). The molecule has 0 bridgehead atoms. The highest BCUT2D eigenvalue weighted by Gasteiger charge is 2.56. The Morgan fingerprint density at radius 2 is 1.73 bits per heavy atom. The van der Waals surface area contributed by atoms with Crippen molar-refractivity contribution in [2.45, 2.75) is 32.6 Å². The van der Waals surface area contributed by atoms with E-state index in [0.29, 0.717) is 45.7 Å². The number of aromatic hydroxyl groups is 1. The van der Waals surface area contributed by atoms with Crippen molar-refractivity contribution in [1.82, 2.24) is 0 Å². The number of methoxy groups -OCH3 is 1. The molecule has 4 aliphatic rings. The van der Waals surface area contributed by atoms with Crippen LogP contribution in [0.1, 0.15) is 48.5 Å². The van der Waals surface area contributed by atoms with Crippen LogP contribution in [0.5, 0.6) is 11.5 Å². The lowest BCUT2D eigenvalue weighted by Crippen LogP contribution is -2.39. The van der Waals surface area contributed by atoms with E-state index in [-0.39, 0.29) is 41.3 Å². The lowest BCUT2D eigenvalue weighted by Gasteiger charge is -2.42. The molecular weight excluding hydrogens is 510 g/mol. The van der Waals surface area contributed by atoms with Crippen molar-refractivity contribution in [2.75, 3.05) is 12.0 Å². The number of phenols is 1. The number of carbonyl (C=O) groups is 5. The minimum absolute atomic E-state index is 0.00959. The molecule has 1 aliphatic heterocycles. The van der Waals surface area contributed by atoms with Gasteiger partial charge in [0, 0.05) is 39.8 Å². The average molecular weight is 538 g/mol. The summed E-state index contributed by atoms with van der Waals surface area (Å²) in [6, 6.07) is 11.0. The molecule has 3 aliphatic carbocycles. The summed E-state index contributed by atoms with van der Waals surface area (Å²) in [4.78, 5) is 67.3. The summed E-state index contributed by atoms with van der Waals surface area (Å²) in [7, 11) is 1.46. The van der Waals surface area contributed by atoms with Crippen molar-refractivity contribution in [3.05, 3.63) is 88.0 Å². The van der Waals surface area contributed by atoms with E-state index < -0.39 is 23.7 Å². The number of nitrogens with zero attached hydrogens (tertiary/aromatic N) is 1. The molecule has 0 radical (unpaired) electrons. The molecule has 202 valence electrons. The van der Waals surface area contributed by atoms with Crippen LogP contribution in [0.15, 0.2) is 76.9 Å². The molecule has 2 aromatic rings. The summed E-state index contributed by atoms with van der Waals surface area (Å²) < 4.78 is 5.57. The summed E-state index contributed by atoms with van der Waals surface area (Å²) >= 11 is 0. The van der Waals surface area contributed by atoms with Crippen molar-refractivity contribution in [2.24, 2.45) is 17.8 Å². The number of hydrogen-bond donors (Lipinski definition) is 1. The number of imide groups is 1. The second-order valence-electron chi connectivity index (χ2n) is 10.8. The highest BCUT2D eigenvalue weighted by molar-refractivity contribution is 6.25. The summed E-state index contributed by atoms with van der Waals surface area (Å²) in [6.07, 6.45) is 3.76. The van der Waals surface area contributed by atoms with Gasteiger partial charge in [-0.05, 0) is 69.0 Å². The van der Waals surface area contributed by atoms with Crippen LogP contribution in [-0.2, 0) is 19.2 Å². The Bertz CT molecular complexity index is 1620. The fraction of sp³-hybridized carbons (Fsp3) is 0.281. The van der Waals surface area contributed by atoms with Crippen LogP contribution in [0.2, 0.25) is 0 Å². The first-order chi connectivity index (χ1) is 19.1. The minimum atomic E-state index is -0.714. The van der Waals surface area contributed by atoms with Gasteiger partial charge in [0.15, 0.2) is 17.3 Å². The van der Waals surface area contributed by atoms with Gasteiger partial charge in [0.2, 0.25) is 11.8 Å². The second-order valence-corrected chi connectivity index (χ2v) is 10.8. The number of ether oxygens (including phenoxy) is 1. The van der Waals surface area contributed by atoms with Crippen LogP contribution in [0.25, 0.3) is 0 Å². The Morgan fingerprint density at radius 1 is 1.00 bits per heavy atom. The van der Waals surface area contributed by atoms with Crippen molar-refractivity contribution in [3.8, 4) is 11.5 Å². The van der Waals surface area contributed by atoms with E-state index in [4.69, 9.17) is 4.74 Å². The monoisotopic (exact) mass is 537 g/mol. The van der Waals surface area contributed by atoms with Crippen LogP contribution < -0.4 is 9.64 Å². The maximum atomic E-state index is 14.0. The van der Waals surface area contributed by atoms with Crippen LogP contribution >= 0.6 is 0 Å². The van der Waals surface area contributed by atoms with Gasteiger partial charge in [-0.2, -0.15) is 0 Å². The smallest absolute Gasteiger partial charge is 0.238 e. The summed E-state index contributed by atoms with van der Waals surface area (Å²) in [5, 5.41) is 10.1. The average Bonchev–Trinajstić information content (AvgIpc) is 3.20. The number of carbonyl (C=O) groups excluding carboxylic acids is 5. The highest BCUT2D eigenvalue weighted by atomic mass is 16.5. The van der Waals surface area contributed by atoms with Gasteiger partial charge in [-0.15, -0.1) is 0 Å². The van der Waals surface area contributed by atoms with Crippen LogP contribution in [-0.4, -0.2) is 41.4 Å². The van der Waals surface area contributed by atoms with Crippen LogP contribution in [0.3, 0.4) is 0 Å². The van der Waals surface area contributed by atoms with Gasteiger partial charge in [0.1, 0.15) is 11.5 Å². The molecule has 2 aromatic carbocycles. The van der Waals surface area contributed by atoms with Crippen molar-refractivity contribution in [3.63, 3.8) is 0 Å². The lowest BCUT2D eigenvalue weighted by molar-refractivity contribution is -0.123. The standard InChI is InChI=1S/C32H27NO7/c1-15-12-25(36)29-24(30(15)37)14-23-20(27(29)21-9-8-19(35)13-26(21)40-3)10-11-22-28(23)32(39)33(31(22)38)18-6-4-17(5-7-18)16(2)34/h4-10,12-13,22-23,27-28,35H,11,14H2,1-3H3/t22-,23+,27+,28-/m0/s1. The van der Waals surface area contributed by atoms with E-state index in [0.717, 1.165) is 5.57 Å². The molecule has 0 aromatic heterocycles. The molecule has 0 unspecified atom stereocenters. The number of anilines is 1. The Morgan fingerprint density at radius 3 is 2.40 bits per heavy atom. The molecule has 1 fully saturated rings. The Labute approximate surface area is 230 Å². The van der Waals surface area contributed by atoms with Crippen molar-refractivity contribution in [1.29, 1.82) is 0 Å². The highest BCUT2D eigenvalue weighted by Crippen LogP contribution is 2.56. The van der Waals surface area contributed by atoms with Gasteiger partial charge in [-0.1, -0.05) is 17.7 Å². The molecule has 40 heavy (non-hydrogen) atoms. The zero-order valence-corrected chi connectivity index (χ0v) is 22.3. The molecule has 1 heterocycles. The first-order valence-corrected chi connectivity index (χ1v) is 13.2. The number of Topliss-reactive ketones (excluding diaryl/α,β-unsaturated/α-hetero) is 2. The first kappa shape index (κ1) is 25.7. The van der Waals surface area contributed by atoms with Crippen molar-refractivity contribution < 1.29 is 33.8 Å².